The van der Waals surface area contributed by atoms with E-state index >= 15 is 0 Å². The molecule has 0 amide bonds. The van der Waals surface area contributed by atoms with E-state index in [1.807, 2.05) is 19.9 Å². The molecular formula is C18H22O5. The van der Waals surface area contributed by atoms with Crippen LogP contribution in [0.1, 0.15) is 33.6 Å². The van der Waals surface area contributed by atoms with Crippen LogP contribution in [0, 0.1) is 0 Å². The van der Waals surface area contributed by atoms with Crippen LogP contribution in [-0.2, 0) is 0 Å². The van der Waals surface area contributed by atoms with Crippen LogP contribution in [-0.4, -0.2) is 17.8 Å². The maximum Gasteiger partial charge on any atom is 0.382 e. The summed E-state index contributed by atoms with van der Waals surface area (Å²) in [5.41, 5.74) is -0.555. The lowest BCUT2D eigenvalue weighted by molar-refractivity contribution is 0.231. The van der Waals surface area contributed by atoms with Crippen molar-refractivity contribution in [3.8, 4) is 17.2 Å². The van der Waals surface area contributed by atoms with Crippen LogP contribution in [0.5, 0.6) is 17.2 Å². The Morgan fingerprint density at radius 3 is 2.78 bits per heavy atom. The smallest absolute Gasteiger partial charge is 0.382 e. The molecule has 0 aliphatic rings. The van der Waals surface area contributed by atoms with Gasteiger partial charge in [-0.3, -0.25) is 0 Å². The van der Waals surface area contributed by atoms with Crippen molar-refractivity contribution in [1.29, 1.82) is 0 Å². The number of hydrogen-bond donors (Lipinski definition) is 1. The molecule has 0 spiro atoms. The number of rotatable bonds is 7. The summed E-state index contributed by atoms with van der Waals surface area (Å²) >= 11 is 0. The molecule has 1 aromatic carbocycles. The maximum atomic E-state index is 11.8. The zero-order valence-corrected chi connectivity index (χ0v) is 13.7. The third-order valence-corrected chi connectivity index (χ3v) is 3.12. The van der Waals surface area contributed by atoms with Crippen LogP contribution in [0.3, 0.4) is 0 Å². The molecule has 0 aliphatic carbocycles. The second-order valence-corrected chi connectivity index (χ2v) is 5.38. The van der Waals surface area contributed by atoms with Gasteiger partial charge in [-0.1, -0.05) is 25.1 Å². The first-order valence-corrected chi connectivity index (χ1v) is 7.77. The summed E-state index contributed by atoms with van der Waals surface area (Å²) in [5.74, 6) is 0.0647. The lowest BCUT2D eigenvalue weighted by Crippen LogP contribution is -2.10. The quantitative estimate of drug-likeness (QED) is 0.474. The van der Waals surface area contributed by atoms with E-state index in [2.05, 4.69) is 13.0 Å². The van der Waals surface area contributed by atoms with Gasteiger partial charge in [0.2, 0.25) is 5.75 Å². The summed E-state index contributed by atoms with van der Waals surface area (Å²) in [6, 6.07) is 5.22. The van der Waals surface area contributed by atoms with Gasteiger partial charge in [0, 0.05) is 0 Å². The highest BCUT2D eigenvalue weighted by Crippen LogP contribution is 2.36. The van der Waals surface area contributed by atoms with Crippen LogP contribution >= 0.6 is 0 Å². The number of ether oxygens (including phenoxy) is 2. The van der Waals surface area contributed by atoms with E-state index in [-0.39, 0.29) is 17.4 Å². The van der Waals surface area contributed by atoms with Crippen molar-refractivity contribution in [3.63, 3.8) is 0 Å². The number of hydrogen-bond acceptors (Lipinski definition) is 5. The summed E-state index contributed by atoms with van der Waals surface area (Å²) in [4.78, 5) is 11.8. The molecule has 2 aromatic rings. The molecule has 23 heavy (non-hydrogen) atoms. The Kier molecular flexibility index (Phi) is 5.68. The summed E-state index contributed by atoms with van der Waals surface area (Å²) in [7, 11) is 0. The van der Waals surface area contributed by atoms with Crippen LogP contribution < -0.4 is 15.1 Å². The van der Waals surface area contributed by atoms with Crippen molar-refractivity contribution in [1.82, 2.24) is 0 Å². The van der Waals surface area contributed by atoms with Gasteiger partial charge in [-0.05, 0) is 38.8 Å². The Morgan fingerprint density at radius 1 is 1.30 bits per heavy atom. The Balaban J connectivity index is 2.38. The first-order valence-electron chi connectivity index (χ1n) is 7.77. The summed E-state index contributed by atoms with van der Waals surface area (Å²) < 4.78 is 16.5. The van der Waals surface area contributed by atoms with Gasteiger partial charge in [0.05, 0.1) is 18.1 Å². The Bertz CT molecular complexity index is 743. The number of para-hydroxylation sites is 1. The van der Waals surface area contributed by atoms with E-state index in [0.717, 1.165) is 12.8 Å². The average molecular weight is 318 g/mol. The maximum absolute atomic E-state index is 11.8. The van der Waals surface area contributed by atoms with E-state index in [1.54, 1.807) is 18.2 Å². The van der Waals surface area contributed by atoms with Gasteiger partial charge in [-0.15, -0.1) is 0 Å². The number of benzene rings is 1. The van der Waals surface area contributed by atoms with Crippen molar-refractivity contribution >= 4 is 11.0 Å². The predicted octanol–water partition coefficient (Wildman–Crippen LogP) is 4.02. The molecule has 1 N–H and O–H groups in total. The molecule has 0 aliphatic heterocycles. The van der Waals surface area contributed by atoms with Gasteiger partial charge < -0.3 is 19.0 Å². The number of aromatic hydroxyl groups is 1. The van der Waals surface area contributed by atoms with Crippen LogP contribution in [0.15, 0.2) is 39.6 Å². The summed E-state index contributed by atoms with van der Waals surface area (Å²) in [6.07, 6.45) is 5.68. The van der Waals surface area contributed by atoms with E-state index in [1.165, 1.54) is 0 Å². The minimum Gasteiger partial charge on any atom is -0.499 e. The molecule has 0 bridgehead atoms. The molecule has 1 heterocycles. The van der Waals surface area contributed by atoms with E-state index in [4.69, 9.17) is 13.9 Å². The Labute approximate surface area is 135 Å². The minimum atomic E-state index is -0.838. The van der Waals surface area contributed by atoms with Crippen molar-refractivity contribution in [2.24, 2.45) is 0 Å². The minimum absolute atomic E-state index is 0.127. The zero-order chi connectivity index (χ0) is 16.8. The third-order valence-electron chi connectivity index (χ3n) is 3.12. The van der Waals surface area contributed by atoms with Gasteiger partial charge in [0.25, 0.3) is 0 Å². The average Bonchev–Trinajstić information content (AvgIpc) is 2.51. The van der Waals surface area contributed by atoms with Gasteiger partial charge in [-0.25, -0.2) is 4.79 Å². The molecular weight excluding hydrogens is 296 g/mol. The summed E-state index contributed by atoms with van der Waals surface area (Å²) in [5, 5.41) is 10.4. The second kappa shape index (κ2) is 7.72. The van der Waals surface area contributed by atoms with Crippen molar-refractivity contribution in [2.45, 2.75) is 39.7 Å². The van der Waals surface area contributed by atoms with Crippen molar-refractivity contribution in [2.75, 3.05) is 6.61 Å². The van der Waals surface area contributed by atoms with E-state index in [0.29, 0.717) is 17.7 Å². The van der Waals surface area contributed by atoms with Crippen molar-refractivity contribution in [3.05, 3.63) is 40.8 Å². The number of fused-ring (bicyclic) bond motifs is 1. The molecule has 124 valence electrons. The largest absolute Gasteiger partial charge is 0.499 e. The van der Waals surface area contributed by atoms with Gasteiger partial charge in [0.15, 0.2) is 17.1 Å². The Hall–Kier alpha value is -2.43. The van der Waals surface area contributed by atoms with Crippen LogP contribution in [0.25, 0.3) is 11.0 Å². The first-order chi connectivity index (χ1) is 11.0. The monoisotopic (exact) mass is 318 g/mol. The first kappa shape index (κ1) is 16.9. The fourth-order valence-electron chi connectivity index (χ4n) is 2.15. The van der Waals surface area contributed by atoms with Gasteiger partial charge >= 0.3 is 5.63 Å². The normalized spacial score (nSPS) is 11.5. The molecule has 0 unspecified atom stereocenters. The molecule has 5 heteroatoms. The van der Waals surface area contributed by atoms with Crippen LogP contribution in [0.2, 0.25) is 0 Å². The topological polar surface area (TPSA) is 68.9 Å². The van der Waals surface area contributed by atoms with Crippen LogP contribution in [0.4, 0.5) is 0 Å². The molecule has 5 nitrogen and oxygen atoms in total. The Morgan fingerprint density at radius 2 is 2.09 bits per heavy atom. The second-order valence-electron chi connectivity index (χ2n) is 5.38. The highest BCUT2D eigenvalue weighted by atomic mass is 16.5. The van der Waals surface area contributed by atoms with Crippen molar-refractivity contribution < 1.29 is 19.0 Å². The lowest BCUT2D eigenvalue weighted by Gasteiger charge is -2.14. The third kappa shape index (κ3) is 4.06. The molecule has 2 rings (SSSR count). The fraction of sp³-hybridized carbons (Fsp3) is 0.389. The highest BCUT2D eigenvalue weighted by Gasteiger charge is 2.18. The molecule has 0 atom stereocenters. The molecule has 1 aromatic heterocycles. The molecule has 0 fully saturated rings. The highest BCUT2D eigenvalue weighted by molar-refractivity contribution is 5.89. The number of allylic oxidation sites excluding steroid dienone is 1. The van der Waals surface area contributed by atoms with E-state index in [9.17, 15) is 9.90 Å². The molecule has 0 saturated carbocycles. The zero-order valence-electron chi connectivity index (χ0n) is 13.7. The predicted molar refractivity (Wildman–Crippen MR) is 89.5 cm³/mol. The standard InChI is InChI=1S/C18H22O5/c1-4-5-6-7-11-21-14-10-8-9-13-16(14)23-18(20)15(19)17(13)22-12(2)3/h5-6,8-10,12,19H,4,7,11H2,1-3H3/b6-5+. The SMILES string of the molecule is CC/C=C/CCOc1cccc2c(OC(C)C)c(O)c(=O)oc12. The fourth-order valence-corrected chi connectivity index (χ4v) is 2.15. The van der Waals surface area contributed by atoms with E-state index < -0.39 is 11.4 Å². The van der Waals surface area contributed by atoms with Gasteiger partial charge in [0.1, 0.15) is 0 Å². The summed E-state index contributed by atoms with van der Waals surface area (Å²) in [6.45, 7) is 6.18. The molecule has 0 radical (unpaired) electrons. The van der Waals surface area contributed by atoms with Gasteiger partial charge in [-0.2, -0.15) is 0 Å². The lowest BCUT2D eigenvalue weighted by atomic mass is 10.2. The molecule has 0 saturated heterocycles.